The van der Waals surface area contributed by atoms with Crippen LogP contribution >= 0.6 is 0 Å². The van der Waals surface area contributed by atoms with Crippen molar-refractivity contribution in [3.8, 4) is 0 Å². The van der Waals surface area contributed by atoms with Crippen molar-refractivity contribution in [2.75, 3.05) is 27.2 Å². The lowest BCUT2D eigenvalue weighted by Crippen LogP contribution is -2.31. The van der Waals surface area contributed by atoms with Crippen molar-refractivity contribution in [3.63, 3.8) is 0 Å². The van der Waals surface area contributed by atoms with Crippen molar-refractivity contribution in [1.82, 2.24) is 4.90 Å². The molecule has 2 heteroatoms. The molecule has 0 spiro atoms. The Hall–Kier alpha value is -1.02. The van der Waals surface area contributed by atoms with Gasteiger partial charge < -0.3 is 9.64 Å². The second-order valence-electron chi connectivity index (χ2n) is 4.06. The molecule has 1 aliphatic rings. The molecule has 0 amide bonds. The second-order valence-corrected chi connectivity index (χ2v) is 4.06. The van der Waals surface area contributed by atoms with E-state index in [-0.39, 0.29) is 0 Å². The van der Waals surface area contributed by atoms with E-state index in [9.17, 15) is 0 Å². The number of hydrogen-bond donors (Lipinski definition) is 0. The average molecular weight is 207 g/mol. The van der Waals surface area contributed by atoms with Crippen molar-refractivity contribution in [3.05, 3.63) is 36.6 Å². The minimum atomic E-state index is 0.576. The lowest BCUT2D eigenvalue weighted by molar-refractivity contribution is 0.225. The van der Waals surface area contributed by atoms with Gasteiger partial charge in [-0.05, 0) is 44.5 Å². The standard InChI is InChI=1S/C13H21NO/c1-5-6-13(11(2)15-4)12-7-9-14(3)10-8-12/h5-6,12H,1-2,7-10H2,3-4H3/b13-6+. The van der Waals surface area contributed by atoms with Gasteiger partial charge in [-0.1, -0.05) is 25.3 Å². The number of piperidine rings is 1. The van der Waals surface area contributed by atoms with Gasteiger partial charge in [0.25, 0.3) is 0 Å². The molecule has 0 aliphatic carbocycles. The van der Waals surface area contributed by atoms with E-state index in [0.29, 0.717) is 5.92 Å². The lowest BCUT2D eigenvalue weighted by atomic mass is 9.88. The summed E-state index contributed by atoms with van der Waals surface area (Å²) in [5, 5.41) is 0. The van der Waals surface area contributed by atoms with Crippen LogP contribution < -0.4 is 0 Å². The molecular formula is C13H21NO. The van der Waals surface area contributed by atoms with Crippen LogP contribution in [0.15, 0.2) is 36.6 Å². The van der Waals surface area contributed by atoms with Crippen LogP contribution in [0.1, 0.15) is 12.8 Å². The van der Waals surface area contributed by atoms with Crippen LogP contribution in [0.5, 0.6) is 0 Å². The Balaban J connectivity index is 2.69. The van der Waals surface area contributed by atoms with Crippen LogP contribution in [0.3, 0.4) is 0 Å². The molecule has 0 bridgehead atoms. The van der Waals surface area contributed by atoms with Gasteiger partial charge in [-0.2, -0.15) is 0 Å². The van der Waals surface area contributed by atoms with E-state index >= 15 is 0 Å². The van der Waals surface area contributed by atoms with Crippen LogP contribution in [0, 0.1) is 5.92 Å². The first-order valence-electron chi connectivity index (χ1n) is 5.43. The van der Waals surface area contributed by atoms with Gasteiger partial charge in [-0.3, -0.25) is 0 Å². The SMILES string of the molecule is C=C/C=C(\C(=C)OC)C1CCN(C)CC1. The number of likely N-dealkylation sites (tertiary alicyclic amines) is 1. The summed E-state index contributed by atoms with van der Waals surface area (Å²) in [6.07, 6.45) is 6.21. The van der Waals surface area contributed by atoms with Crippen LogP contribution in [0.2, 0.25) is 0 Å². The smallest absolute Gasteiger partial charge is 0.115 e. The Morgan fingerprint density at radius 2 is 2.00 bits per heavy atom. The predicted molar refractivity (Wildman–Crippen MR) is 64.7 cm³/mol. The maximum atomic E-state index is 5.22. The number of rotatable bonds is 4. The Morgan fingerprint density at radius 1 is 1.40 bits per heavy atom. The molecule has 1 saturated heterocycles. The zero-order valence-corrected chi connectivity index (χ0v) is 9.83. The second kappa shape index (κ2) is 5.76. The van der Waals surface area contributed by atoms with Crippen LogP contribution in [-0.2, 0) is 4.74 Å². The molecule has 1 rings (SSSR count). The predicted octanol–water partition coefficient (Wildman–Crippen LogP) is 2.60. The fraction of sp³-hybridized carbons (Fsp3) is 0.538. The van der Waals surface area contributed by atoms with E-state index in [2.05, 4.69) is 25.1 Å². The molecule has 84 valence electrons. The number of methoxy groups -OCH3 is 1. The minimum Gasteiger partial charge on any atom is -0.497 e. The molecule has 15 heavy (non-hydrogen) atoms. The maximum Gasteiger partial charge on any atom is 0.115 e. The Bertz CT molecular complexity index is 260. The molecule has 0 radical (unpaired) electrons. The number of ether oxygens (including phenoxy) is 1. The van der Waals surface area contributed by atoms with Gasteiger partial charge in [0.1, 0.15) is 5.76 Å². The molecule has 1 fully saturated rings. The molecule has 0 unspecified atom stereocenters. The molecule has 0 aromatic rings. The molecule has 1 aliphatic heterocycles. The lowest BCUT2D eigenvalue weighted by Gasteiger charge is -2.30. The topological polar surface area (TPSA) is 12.5 Å². The number of allylic oxidation sites excluding steroid dienone is 3. The van der Waals surface area contributed by atoms with E-state index < -0.39 is 0 Å². The summed E-state index contributed by atoms with van der Waals surface area (Å²) < 4.78 is 5.22. The summed E-state index contributed by atoms with van der Waals surface area (Å²) in [5.74, 6) is 1.36. The fourth-order valence-corrected chi connectivity index (χ4v) is 2.02. The molecule has 2 nitrogen and oxygen atoms in total. The van der Waals surface area contributed by atoms with E-state index in [0.717, 1.165) is 18.8 Å². The third-order valence-electron chi connectivity index (χ3n) is 3.02. The van der Waals surface area contributed by atoms with Crippen molar-refractivity contribution in [1.29, 1.82) is 0 Å². The van der Waals surface area contributed by atoms with E-state index in [1.54, 1.807) is 7.11 Å². The maximum absolute atomic E-state index is 5.22. The summed E-state index contributed by atoms with van der Waals surface area (Å²) >= 11 is 0. The summed E-state index contributed by atoms with van der Waals surface area (Å²) in [6.45, 7) is 9.98. The number of hydrogen-bond acceptors (Lipinski definition) is 2. The molecule has 1 heterocycles. The van der Waals surface area contributed by atoms with Gasteiger partial charge in [-0.15, -0.1) is 0 Å². The molecule has 0 aromatic carbocycles. The molecule has 0 N–H and O–H groups in total. The minimum absolute atomic E-state index is 0.576. The fourth-order valence-electron chi connectivity index (χ4n) is 2.02. The van der Waals surface area contributed by atoms with Gasteiger partial charge in [0.15, 0.2) is 0 Å². The normalized spacial score (nSPS) is 20.0. The zero-order valence-electron chi connectivity index (χ0n) is 9.83. The third kappa shape index (κ3) is 3.24. The van der Waals surface area contributed by atoms with Crippen molar-refractivity contribution in [2.45, 2.75) is 12.8 Å². The summed E-state index contributed by atoms with van der Waals surface area (Å²) in [5.41, 5.74) is 1.21. The van der Waals surface area contributed by atoms with Crippen LogP contribution in [-0.4, -0.2) is 32.1 Å². The first kappa shape index (κ1) is 12.1. The van der Waals surface area contributed by atoms with Gasteiger partial charge in [0.05, 0.1) is 7.11 Å². The third-order valence-corrected chi connectivity index (χ3v) is 3.02. The highest BCUT2D eigenvalue weighted by atomic mass is 16.5. The largest absolute Gasteiger partial charge is 0.497 e. The Kier molecular flexibility index (Phi) is 4.63. The molecule has 0 atom stereocenters. The molecule has 0 saturated carbocycles. The number of nitrogens with zero attached hydrogens (tertiary/aromatic N) is 1. The summed E-state index contributed by atoms with van der Waals surface area (Å²) in [4.78, 5) is 2.36. The average Bonchev–Trinajstić information content (AvgIpc) is 2.26. The Morgan fingerprint density at radius 3 is 2.47 bits per heavy atom. The van der Waals surface area contributed by atoms with Crippen molar-refractivity contribution in [2.24, 2.45) is 5.92 Å². The van der Waals surface area contributed by atoms with Gasteiger partial charge in [-0.25, -0.2) is 0 Å². The first-order chi connectivity index (χ1) is 7.19. The quantitative estimate of drug-likeness (QED) is 0.519. The zero-order chi connectivity index (χ0) is 11.3. The van der Waals surface area contributed by atoms with Gasteiger partial charge in [0.2, 0.25) is 0 Å². The van der Waals surface area contributed by atoms with E-state index in [1.807, 2.05) is 12.2 Å². The van der Waals surface area contributed by atoms with Crippen molar-refractivity contribution >= 4 is 0 Å². The van der Waals surface area contributed by atoms with E-state index in [1.165, 1.54) is 18.4 Å². The Labute approximate surface area is 92.9 Å². The van der Waals surface area contributed by atoms with Crippen LogP contribution in [0.4, 0.5) is 0 Å². The highest BCUT2D eigenvalue weighted by Gasteiger charge is 2.21. The van der Waals surface area contributed by atoms with Crippen LogP contribution in [0.25, 0.3) is 0 Å². The summed E-state index contributed by atoms with van der Waals surface area (Å²) in [6, 6.07) is 0. The summed E-state index contributed by atoms with van der Waals surface area (Å²) in [7, 11) is 3.84. The highest BCUT2D eigenvalue weighted by Crippen LogP contribution is 2.28. The molecule has 0 aromatic heterocycles. The monoisotopic (exact) mass is 207 g/mol. The van der Waals surface area contributed by atoms with Gasteiger partial charge >= 0.3 is 0 Å². The first-order valence-corrected chi connectivity index (χ1v) is 5.43. The van der Waals surface area contributed by atoms with E-state index in [4.69, 9.17) is 4.74 Å². The highest BCUT2D eigenvalue weighted by molar-refractivity contribution is 5.29. The van der Waals surface area contributed by atoms with Crippen molar-refractivity contribution < 1.29 is 4.74 Å². The molecular weight excluding hydrogens is 186 g/mol. The van der Waals surface area contributed by atoms with Gasteiger partial charge in [0, 0.05) is 0 Å².